The smallest absolute Gasteiger partial charge is 0.159 e. The molecule has 3 aromatic carbocycles. The molecule has 4 N–H and O–H groups in total. The summed E-state index contributed by atoms with van der Waals surface area (Å²) >= 11 is 0. The van der Waals surface area contributed by atoms with E-state index in [4.69, 9.17) is 5.73 Å². The first kappa shape index (κ1) is 22.0. The van der Waals surface area contributed by atoms with Crippen molar-refractivity contribution in [2.75, 3.05) is 17.6 Å². The van der Waals surface area contributed by atoms with Gasteiger partial charge in [0.25, 0.3) is 0 Å². The Kier molecular flexibility index (Phi) is 7.35. The Morgan fingerprint density at radius 2 is 1.68 bits per heavy atom. The van der Waals surface area contributed by atoms with Crippen molar-refractivity contribution in [1.29, 1.82) is 0 Å². The van der Waals surface area contributed by atoms with Gasteiger partial charge in [-0.2, -0.15) is 0 Å². The van der Waals surface area contributed by atoms with Crippen LogP contribution in [0.3, 0.4) is 0 Å². The summed E-state index contributed by atoms with van der Waals surface area (Å²) in [7, 11) is 0. The Hall–Kier alpha value is -3.70. The average Bonchev–Trinajstić information content (AvgIpc) is 2.79. The van der Waals surface area contributed by atoms with Gasteiger partial charge in [0.1, 0.15) is 0 Å². The van der Waals surface area contributed by atoms with Crippen LogP contribution in [0.4, 0.5) is 11.4 Å². The van der Waals surface area contributed by atoms with E-state index in [0.29, 0.717) is 28.1 Å². The molecule has 0 amide bonds. The molecule has 3 aromatic rings. The Morgan fingerprint density at radius 3 is 2.29 bits per heavy atom. The topological polar surface area (TPSA) is 84.2 Å². The lowest BCUT2D eigenvalue weighted by atomic mass is 9.96. The third kappa shape index (κ3) is 5.47. The molecule has 0 bridgehead atoms. The first-order chi connectivity index (χ1) is 15.0. The van der Waals surface area contributed by atoms with E-state index in [9.17, 15) is 9.59 Å². The van der Waals surface area contributed by atoms with E-state index in [1.54, 1.807) is 18.2 Å². The summed E-state index contributed by atoms with van der Waals surface area (Å²) < 4.78 is 0. The number of ketones is 1. The van der Waals surface area contributed by atoms with Crippen molar-refractivity contribution < 1.29 is 9.59 Å². The van der Waals surface area contributed by atoms with Gasteiger partial charge in [0.05, 0.1) is 5.70 Å². The molecule has 0 fully saturated rings. The molecular weight excluding hydrogens is 386 g/mol. The number of anilines is 2. The van der Waals surface area contributed by atoms with Gasteiger partial charge in [0.2, 0.25) is 0 Å². The number of allylic oxidation sites excluding steroid dienone is 1. The van der Waals surface area contributed by atoms with Gasteiger partial charge in [-0.15, -0.1) is 0 Å². The predicted molar refractivity (Wildman–Crippen MR) is 128 cm³/mol. The third-order valence-corrected chi connectivity index (χ3v) is 5.00. The van der Waals surface area contributed by atoms with E-state index in [1.165, 1.54) is 12.5 Å². The molecule has 3 rings (SSSR count). The predicted octanol–water partition coefficient (Wildman–Crippen LogP) is 4.76. The molecule has 158 valence electrons. The maximum absolute atomic E-state index is 12.3. The maximum Gasteiger partial charge on any atom is 0.159 e. The van der Waals surface area contributed by atoms with E-state index in [-0.39, 0.29) is 5.78 Å². The Labute approximate surface area is 183 Å². The molecule has 0 radical (unpaired) electrons. The number of nitrogen functional groups attached to an aromatic ring is 1. The standard InChI is InChI=1S/C26H27N3O2/c1-3-28-16-19-9-12-22(13-10-19)29-26(20-7-5-4-6-8-20)24(17-30)23-15-21(18(2)31)11-14-25(23)27/h4-15,17,28-29H,3,16,27H2,1-2H3/b26-24+. The summed E-state index contributed by atoms with van der Waals surface area (Å²) in [6.07, 6.45) is 0.782. The van der Waals surface area contributed by atoms with Crippen LogP contribution in [0, 0.1) is 0 Å². The highest BCUT2D eigenvalue weighted by atomic mass is 16.1. The maximum atomic E-state index is 12.3. The first-order valence-electron chi connectivity index (χ1n) is 10.3. The molecule has 0 saturated carbocycles. The van der Waals surface area contributed by atoms with E-state index in [2.05, 4.69) is 17.6 Å². The number of hydrogen-bond acceptors (Lipinski definition) is 5. The lowest BCUT2D eigenvalue weighted by Gasteiger charge is -2.17. The van der Waals surface area contributed by atoms with Gasteiger partial charge in [-0.05, 0) is 54.9 Å². The van der Waals surface area contributed by atoms with Crippen molar-refractivity contribution in [2.45, 2.75) is 20.4 Å². The van der Waals surface area contributed by atoms with Crippen LogP contribution in [0.1, 0.15) is 40.9 Å². The second-order valence-electron chi connectivity index (χ2n) is 7.23. The molecule has 0 unspecified atom stereocenters. The molecule has 5 nitrogen and oxygen atoms in total. The van der Waals surface area contributed by atoms with Crippen molar-refractivity contribution in [3.05, 3.63) is 95.1 Å². The van der Waals surface area contributed by atoms with Crippen LogP contribution in [-0.2, 0) is 11.3 Å². The summed E-state index contributed by atoms with van der Waals surface area (Å²) in [5.41, 5.74) is 11.5. The number of hydrogen-bond donors (Lipinski definition) is 3. The summed E-state index contributed by atoms with van der Waals surface area (Å²) in [4.78, 5) is 24.2. The van der Waals surface area contributed by atoms with Gasteiger partial charge in [0.15, 0.2) is 12.1 Å². The van der Waals surface area contributed by atoms with Crippen molar-refractivity contribution in [3.8, 4) is 0 Å². The van der Waals surface area contributed by atoms with E-state index >= 15 is 0 Å². The largest absolute Gasteiger partial charge is 0.398 e. The van der Waals surface area contributed by atoms with Gasteiger partial charge in [-0.3, -0.25) is 9.59 Å². The zero-order valence-corrected chi connectivity index (χ0v) is 17.8. The number of carbonyl (C=O) groups is 2. The number of benzene rings is 3. The van der Waals surface area contributed by atoms with Gasteiger partial charge in [-0.1, -0.05) is 49.4 Å². The fraction of sp³-hybridized carbons (Fsp3) is 0.154. The highest BCUT2D eigenvalue weighted by Crippen LogP contribution is 2.30. The normalized spacial score (nSPS) is 11.5. The third-order valence-electron chi connectivity index (χ3n) is 5.00. The number of rotatable bonds is 9. The second kappa shape index (κ2) is 10.4. The quantitative estimate of drug-likeness (QED) is 0.155. The molecule has 0 aromatic heterocycles. The number of carbonyl (C=O) groups excluding carboxylic acids is 2. The van der Waals surface area contributed by atoms with Crippen LogP contribution >= 0.6 is 0 Å². The molecule has 0 spiro atoms. The molecule has 0 aliphatic rings. The number of Topliss-reactive ketones (excluding diaryl/α,β-unsaturated/α-hetero) is 1. The van der Waals surface area contributed by atoms with E-state index in [1.807, 2.05) is 54.6 Å². The SMILES string of the molecule is CCNCc1ccc(N/C(=C(\C=O)c2cc(C(C)=O)ccc2N)c2ccccc2)cc1. The molecular formula is C26H27N3O2. The second-order valence-corrected chi connectivity index (χ2v) is 7.23. The minimum absolute atomic E-state index is 0.0861. The molecule has 5 heteroatoms. The van der Waals surface area contributed by atoms with Crippen LogP contribution in [0.15, 0.2) is 72.8 Å². The highest BCUT2D eigenvalue weighted by molar-refractivity contribution is 6.20. The van der Waals surface area contributed by atoms with Crippen molar-refractivity contribution in [1.82, 2.24) is 5.32 Å². The van der Waals surface area contributed by atoms with Gasteiger partial charge < -0.3 is 16.4 Å². The summed E-state index contributed by atoms with van der Waals surface area (Å²) in [6.45, 7) is 5.27. The van der Waals surface area contributed by atoms with E-state index < -0.39 is 0 Å². The highest BCUT2D eigenvalue weighted by Gasteiger charge is 2.16. The summed E-state index contributed by atoms with van der Waals surface area (Å²) in [5.74, 6) is -0.0861. The fourth-order valence-electron chi connectivity index (χ4n) is 3.29. The average molecular weight is 414 g/mol. The number of nitrogens with two attached hydrogens (primary N) is 1. The minimum atomic E-state index is -0.0861. The summed E-state index contributed by atoms with van der Waals surface area (Å²) in [6, 6.07) is 22.6. The Morgan fingerprint density at radius 1 is 0.968 bits per heavy atom. The van der Waals surface area contributed by atoms with Crippen LogP contribution in [0.5, 0.6) is 0 Å². The van der Waals surface area contributed by atoms with Gasteiger partial charge in [0, 0.05) is 34.6 Å². The van der Waals surface area contributed by atoms with E-state index in [0.717, 1.165) is 30.6 Å². The van der Waals surface area contributed by atoms with Crippen LogP contribution in [-0.4, -0.2) is 18.6 Å². The molecule has 0 saturated heterocycles. The number of nitrogens with one attached hydrogen (secondary N) is 2. The Balaban J connectivity index is 2.10. The van der Waals surface area contributed by atoms with Crippen LogP contribution < -0.4 is 16.4 Å². The molecule has 0 aliphatic heterocycles. The fourth-order valence-corrected chi connectivity index (χ4v) is 3.29. The molecule has 0 atom stereocenters. The van der Waals surface area contributed by atoms with Crippen molar-refractivity contribution in [3.63, 3.8) is 0 Å². The summed E-state index contributed by atoms with van der Waals surface area (Å²) in [5, 5.41) is 6.69. The molecule has 31 heavy (non-hydrogen) atoms. The lowest BCUT2D eigenvalue weighted by molar-refractivity contribution is -0.103. The van der Waals surface area contributed by atoms with Gasteiger partial charge >= 0.3 is 0 Å². The monoisotopic (exact) mass is 413 g/mol. The Bertz CT molecular complexity index is 1090. The lowest BCUT2D eigenvalue weighted by Crippen LogP contribution is -2.11. The zero-order chi connectivity index (χ0) is 22.2. The minimum Gasteiger partial charge on any atom is -0.398 e. The molecule has 0 heterocycles. The van der Waals surface area contributed by atoms with Crippen LogP contribution in [0.2, 0.25) is 0 Å². The van der Waals surface area contributed by atoms with Crippen molar-refractivity contribution in [2.24, 2.45) is 0 Å². The van der Waals surface area contributed by atoms with Crippen molar-refractivity contribution >= 4 is 34.7 Å². The molecule has 0 aliphatic carbocycles. The zero-order valence-electron chi connectivity index (χ0n) is 17.8. The van der Waals surface area contributed by atoms with Crippen LogP contribution in [0.25, 0.3) is 11.3 Å². The van der Waals surface area contributed by atoms with Gasteiger partial charge in [-0.25, -0.2) is 0 Å². The number of aldehydes is 1. The first-order valence-corrected chi connectivity index (χ1v) is 10.3.